The van der Waals surface area contributed by atoms with Crippen LogP contribution in [0.15, 0.2) is 56.8 Å². The standard InChI is InChI=1S/C11H10BrNO.C11H11NO.Br2/c1-6-3-8-9(4-7(6)2)11(14)13-5-10(8)12;1-7-5-9-3-4-12-11(13)10(9)6-8(7)2;1-2/h3-5H,1-2H3,(H,13,14);3-6H,1-2H3,(H,12,13);. The molecule has 4 rings (SSSR count). The molecule has 0 atom stereocenters. The van der Waals surface area contributed by atoms with Crippen molar-refractivity contribution < 1.29 is 0 Å². The van der Waals surface area contributed by atoms with E-state index >= 15 is 0 Å². The van der Waals surface area contributed by atoms with Crippen LogP contribution in [0, 0.1) is 27.7 Å². The first-order valence-electron chi connectivity index (χ1n) is 8.79. The van der Waals surface area contributed by atoms with Gasteiger partial charge in [0.15, 0.2) is 0 Å². The molecular weight excluding hydrogens is 564 g/mol. The first-order valence-corrected chi connectivity index (χ1v) is 13.3. The Hall–Kier alpha value is -1.70. The lowest BCUT2D eigenvalue weighted by Crippen LogP contribution is -2.05. The number of fused-ring (bicyclic) bond motifs is 2. The Balaban J connectivity index is 0.000000191. The lowest BCUT2D eigenvalue weighted by molar-refractivity contribution is 1.25. The Labute approximate surface area is 192 Å². The van der Waals surface area contributed by atoms with E-state index in [0.29, 0.717) is 0 Å². The van der Waals surface area contributed by atoms with Gasteiger partial charge in [0.2, 0.25) is 0 Å². The zero-order valence-electron chi connectivity index (χ0n) is 16.5. The highest BCUT2D eigenvalue weighted by Gasteiger charge is 2.04. The highest BCUT2D eigenvalue weighted by atomic mass is 80.9. The van der Waals surface area contributed by atoms with Crippen molar-refractivity contribution in [2.75, 3.05) is 0 Å². The van der Waals surface area contributed by atoms with Crippen LogP contribution in [0.5, 0.6) is 0 Å². The molecule has 0 aliphatic rings. The van der Waals surface area contributed by atoms with Crippen molar-refractivity contribution in [1.29, 1.82) is 0 Å². The Morgan fingerprint density at radius 3 is 1.79 bits per heavy atom. The fourth-order valence-corrected chi connectivity index (χ4v) is 3.39. The van der Waals surface area contributed by atoms with E-state index in [9.17, 15) is 9.59 Å². The first-order chi connectivity index (χ1) is 13.8. The van der Waals surface area contributed by atoms with Gasteiger partial charge in [0.1, 0.15) is 0 Å². The number of benzene rings is 2. The Morgan fingerprint density at radius 2 is 1.17 bits per heavy atom. The van der Waals surface area contributed by atoms with Crippen LogP contribution >= 0.6 is 44.2 Å². The van der Waals surface area contributed by atoms with Crippen molar-refractivity contribution in [2.24, 2.45) is 0 Å². The minimum Gasteiger partial charge on any atom is -0.329 e. The number of nitrogens with one attached hydrogen (secondary N) is 2. The van der Waals surface area contributed by atoms with Crippen LogP contribution in [0.1, 0.15) is 22.3 Å². The van der Waals surface area contributed by atoms with Gasteiger partial charge in [-0.3, -0.25) is 9.59 Å². The average Bonchev–Trinajstić information content (AvgIpc) is 2.70. The predicted octanol–water partition coefficient (Wildman–Crippen LogP) is 6.74. The van der Waals surface area contributed by atoms with E-state index in [1.807, 2.05) is 51.1 Å². The molecule has 4 nitrogen and oxygen atoms in total. The fourth-order valence-electron chi connectivity index (χ4n) is 2.94. The monoisotopic (exact) mass is 582 g/mol. The summed E-state index contributed by atoms with van der Waals surface area (Å²) in [6, 6.07) is 9.85. The van der Waals surface area contributed by atoms with Crippen molar-refractivity contribution in [3.63, 3.8) is 0 Å². The van der Waals surface area contributed by atoms with Crippen LogP contribution < -0.4 is 11.1 Å². The number of hydrogen-bond donors (Lipinski definition) is 2. The molecule has 0 amide bonds. The molecule has 0 aliphatic heterocycles. The molecular formula is C22H21Br3N2O2. The quantitative estimate of drug-likeness (QED) is 0.240. The van der Waals surface area contributed by atoms with E-state index in [1.54, 1.807) is 12.4 Å². The molecule has 0 bridgehead atoms. The van der Waals surface area contributed by atoms with Gasteiger partial charge in [0.05, 0.1) is 0 Å². The lowest BCUT2D eigenvalue weighted by atomic mass is 10.0. The highest BCUT2D eigenvalue weighted by Crippen LogP contribution is 2.23. The Morgan fingerprint density at radius 1 is 0.690 bits per heavy atom. The summed E-state index contributed by atoms with van der Waals surface area (Å²) in [5.74, 6) is 0. The fraction of sp³-hybridized carbons (Fsp3) is 0.182. The molecule has 0 aliphatic carbocycles. The number of aromatic nitrogens is 2. The number of aryl methyl sites for hydroxylation is 4. The summed E-state index contributed by atoms with van der Waals surface area (Å²) in [5, 5.41) is 3.48. The molecule has 2 N–H and O–H groups in total. The van der Waals surface area contributed by atoms with Gasteiger partial charge in [-0.2, -0.15) is 0 Å². The third-order valence-electron chi connectivity index (χ3n) is 4.85. The van der Waals surface area contributed by atoms with E-state index in [1.165, 1.54) is 11.1 Å². The summed E-state index contributed by atoms with van der Waals surface area (Å²) in [7, 11) is 0. The molecule has 152 valence electrons. The topological polar surface area (TPSA) is 65.7 Å². The number of hydrogen-bond acceptors (Lipinski definition) is 2. The zero-order valence-corrected chi connectivity index (χ0v) is 21.2. The summed E-state index contributed by atoms with van der Waals surface area (Å²) >= 11 is 8.92. The molecule has 2 aromatic heterocycles. The van der Waals surface area contributed by atoms with E-state index in [0.717, 1.165) is 37.1 Å². The van der Waals surface area contributed by atoms with Crippen molar-refractivity contribution in [2.45, 2.75) is 27.7 Å². The SMILES string of the molecule is BrBr.Cc1cc2c(Br)c[nH]c(=O)c2cc1C.Cc1cc2cc[nH]c(=O)c2cc1C. The van der Waals surface area contributed by atoms with Crippen molar-refractivity contribution >= 4 is 65.7 Å². The number of halogens is 3. The highest BCUT2D eigenvalue weighted by molar-refractivity contribution is 9.93. The molecule has 4 aromatic rings. The first kappa shape index (κ1) is 23.6. The molecule has 0 saturated heterocycles. The number of pyridine rings is 2. The smallest absolute Gasteiger partial charge is 0.255 e. The second-order valence-corrected chi connectivity index (χ2v) is 7.63. The van der Waals surface area contributed by atoms with Gasteiger partial charge in [0, 0.05) is 61.3 Å². The summed E-state index contributed by atoms with van der Waals surface area (Å²) < 4.78 is 0.926. The third-order valence-corrected chi connectivity index (χ3v) is 5.51. The van der Waals surface area contributed by atoms with Gasteiger partial charge in [-0.25, -0.2) is 0 Å². The maximum absolute atomic E-state index is 11.5. The maximum Gasteiger partial charge on any atom is 0.255 e. The minimum atomic E-state index is -0.0358. The average molecular weight is 585 g/mol. The number of aromatic amines is 2. The lowest BCUT2D eigenvalue weighted by Gasteiger charge is -2.04. The van der Waals surface area contributed by atoms with Crippen LogP contribution in [0.3, 0.4) is 0 Å². The van der Waals surface area contributed by atoms with Gasteiger partial charge in [-0.1, -0.05) is 6.07 Å². The van der Waals surface area contributed by atoms with Gasteiger partial charge in [0.25, 0.3) is 11.1 Å². The molecule has 2 heterocycles. The zero-order chi connectivity index (χ0) is 21.7. The molecule has 2 aromatic carbocycles. The molecule has 0 saturated carbocycles. The van der Waals surface area contributed by atoms with Crippen LogP contribution in [-0.4, -0.2) is 9.97 Å². The van der Waals surface area contributed by atoms with Gasteiger partial charge in [-0.15, -0.1) is 0 Å². The van der Waals surface area contributed by atoms with Crippen LogP contribution in [0.25, 0.3) is 21.5 Å². The summed E-state index contributed by atoms with van der Waals surface area (Å²) in [4.78, 5) is 28.3. The van der Waals surface area contributed by atoms with Crippen molar-refractivity contribution in [3.8, 4) is 0 Å². The van der Waals surface area contributed by atoms with E-state index in [4.69, 9.17) is 0 Å². The van der Waals surface area contributed by atoms with E-state index in [-0.39, 0.29) is 11.1 Å². The molecule has 0 fully saturated rings. The second kappa shape index (κ2) is 10.4. The molecule has 7 heteroatoms. The molecule has 0 spiro atoms. The van der Waals surface area contributed by atoms with Crippen molar-refractivity contribution in [3.05, 3.63) is 90.2 Å². The van der Waals surface area contributed by atoms with Gasteiger partial charge >= 0.3 is 0 Å². The minimum absolute atomic E-state index is 0.0133. The van der Waals surface area contributed by atoms with Crippen LogP contribution in [-0.2, 0) is 0 Å². The molecule has 29 heavy (non-hydrogen) atoms. The van der Waals surface area contributed by atoms with Crippen LogP contribution in [0.2, 0.25) is 0 Å². The van der Waals surface area contributed by atoms with Crippen molar-refractivity contribution in [1.82, 2.24) is 9.97 Å². The number of H-pyrrole nitrogens is 2. The summed E-state index contributed by atoms with van der Waals surface area (Å²) in [5.41, 5.74) is 4.67. The predicted molar refractivity (Wildman–Crippen MR) is 134 cm³/mol. The molecule has 0 radical (unpaired) electrons. The Bertz CT molecular complexity index is 1280. The largest absolute Gasteiger partial charge is 0.329 e. The van der Waals surface area contributed by atoms with E-state index < -0.39 is 0 Å². The normalized spacial score (nSPS) is 10.2. The maximum atomic E-state index is 11.5. The summed E-state index contributed by atoms with van der Waals surface area (Å²) in [6.45, 7) is 8.12. The Kier molecular flexibility index (Phi) is 8.43. The molecule has 0 unspecified atom stereocenters. The van der Waals surface area contributed by atoms with Gasteiger partial charge < -0.3 is 9.97 Å². The van der Waals surface area contributed by atoms with E-state index in [2.05, 4.69) is 61.1 Å². The number of rotatable bonds is 0. The van der Waals surface area contributed by atoms with Crippen LogP contribution in [0.4, 0.5) is 0 Å². The third kappa shape index (κ3) is 5.47. The summed E-state index contributed by atoms with van der Waals surface area (Å²) in [6.07, 6.45) is 3.36. The second-order valence-electron chi connectivity index (χ2n) is 6.78. The van der Waals surface area contributed by atoms with Gasteiger partial charge in [-0.05, 0) is 95.5 Å².